The lowest BCUT2D eigenvalue weighted by atomic mass is 9.99. The molecule has 0 unspecified atom stereocenters. The van der Waals surface area contributed by atoms with Gasteiger partial charge < -0.3 is 15.2 Å². The molecule has 0 fully saturated rings. The number of imidazole rings is 1. The summed E-state index contributed by atoms with van der Waals surface area (Å²) in [4.78, 5) is 29.2. The quantitative estimate of drug-likeness (QED) is 0.686. The molecule has 1 heterocycles. The van der Waals surface area contributed by atoms with Gasteiger partial charge in [0.2, 0.25) is 0 Å². The number of nitrogens with zero attached hydrogens (tertiary/aromatic N) is 1. The molecular formula is C16H12N2O4. The van der Waals surface area contributed by atoms with Gasteiger partial charge in [0.15, 0.2) is 0 Å². The second kappa shape index (κ2) is 5.33. The van der Waals surface area contributed by atoms with Gasteiger partial charge in [0, 0.05) is 0 Å². The Labute approximate surface area is 125 Å². The lowest BCUT2D eigenvalue weighted by Gasteiger charge is -2.05. The fourth-order valence-electron chi connectivity index (χ4n) is 2.38. The van der Waals surface area contributed by atoms with Crippen molar-refractivity contribution in [3.63, 3.8) is 0 Å². The Morgan fingerprint density at radius 2 is 1.86 bits per heavy atom. The first kappa shape index (κ1) is 13.8. The lowest BCUT2D eigenvalue weighted by Crippen LogP contribution is -2.01. The van der Waals surface area contributed by atoms with Crippen LogP contribution >= 0.6 is 0 Å². The third-order valence-corrected chi connectivity index (χ3v) is 3.32. The van der Waals surface area contributed by atoms with Crippen LogP contribution in [0.25, 0.3) is 22.2 Å². The minimum absolute atomic E-state index is 0.185. The molecule has 3 N–H and O–H groups in total. The zero-order valence-electron chi connectivity index (χ0n) is 11.4. The molecule has 0 radical (unpaired) electrons. The smallest absolute Gasteiger partial charge is 0.336 e. The summed E-state index contributed by atoms with van der Waals surface area (Å²) in [6, 6.07) is 12.0. The molecule has 22 heavy (non-hydrogen) atoms. The number of aliphatic carboxylic acids is 1. The third kappa shape index (κ3) is 2.54. The summed E-state index contributed by atoms with van der Waals surface area (Å²) >= 11 is 0. The van der Waals surface area contributed by atoms with E-state index in [0.29, 0.717) is 22.4 Å². The van der Waals surface area contributed by atoms with Gasteiger partial charge in [-0.25, -0.2) is 9.78 Å². The van der Waals surface area contributed by atoms with Crippen molar-refractivity contribution in [2.75, 3.05) is 0 Å². The van der Waals surface area contributed by atoms with Gasteiger partial charge >= 0.3 is 11.9 Å². The zero-order chi connectivity index (χ0) is 15.7. The van der Waals surface area contributed by atoms with Crippen LogP contribution in [0.2, 0.25) is 0 Å². The van der Waals surface area contributed by atoms with E-state index >= 15 is 0 Å². The van der Waals surface area contributed by atoms with Crippen LogP contribution in [0.3, 0.4) is 0 Å². The normalized spacial score (nSPS) is 10.7. The number of rotatable bonds is 4. The highest BCUT2D eigenvalue weighted by atomic mass is 16.4. The lowest BCUT2D eigenvalue weighted by molar-refractivity contribution is -0.136. The fraction of sp³-hybridized carbons (Fsp3) is 0.0625. The number of hydrogen-bond acceptors (Lipinski definition) is 3. The molecule has 6 heteroatoms. The first-order chi connectivity index (χ1) is 10.5. The molecule has 0 aliphatic heterocycles. The topological polar surface area (TPSA) is 103 Å². The molecule has 0 atom stereocenters. The highest BCUT2D eigenvalue weighted by Gasteiger charge is 2.12. The Hall–Kier alpha value is -3.15. The van der Waals surface area contributed by atoms with Crippen molar-refractivity contribution in [3.8, 4) is 11.1 Å². The molecular weight excluding hydrogens is 284 g/mol. The Balaban J connectivity index is 2.09. The van der Waals surface area contributed by atoms with Crippen LogP contribution in [-0.4, -0.2) is 32.1 Å². The number of aromatic nitrogens is 2. The molecule has 0 aliphatic carbocycles. The Morgan fingerprint density at radius 3 is 2.59 bits per heavy atom. The summed E-state index contributed by atoms with van der Waals surface area (Å²) in [7, 11) is 0. The summed E-state index contributed by atoms with van der Waals surface area (Å²) in [5.74, 6) is -1.59. The molecule has 0 spiro atoms. The van der Waals surface area contributed by atoms with E-state index in [-0.39, 0.29) is 12.0 Å². The number of nitrogens with one attached hydrogen (secondary N) is 1. The summed E-state index contributed by atoms with van der Waals surface area (Å²) in [6.07, 6.45) is -0.185. The first-order valence-corrected chi connectivity index (χ1v) is 6.58. The number of carboxylic acids is 2. The molecule has 110 valence electrons. The predicted octanol–water partition coefficient (Wildman–Crippen LogP) is 2.56. The number of hydrogen-bond donors (Lipinski definition) is 3. The van der Waals surface area contributed by atoms with Crippen molar-refractivity contribution >= 4 is 23.0 Å². The summed E-state index contributed by atoms with van der Waals surface area (Å²) in [5, 5.41) is 18.1. The predicted molar refractivity (Wildman–Crippen MR) is 79.8 cm³/mol. The average molecular weight is 296 g/mol. The van der Waals surface area contributed by atoms with Gasteiger partial charge in [-0.3, -0.25) is 4.79 Å². The summed E-state index contributed by atoms with van der Waals surface area (Å²) in [6.45, 7) is 0. The van der Waals surface area contributed by atoms with E-state index < -0.39 is 11.9 Å². The van der Waals surface area contributed by atoms with E-state index in [1.807, 2.05) is 0 Å². The third-order valence-electron chi connectivity index (χ3n) is 3.32. The Morgan fingerprint density at radius 1 is 1.09 bits per heavy atom. The average Bonchev–Trinajstić information content (AvgIpc) is 2.87. The number of aromatic carboxylic acids is 1. The zero-order valence-corrected chi connectivity index (χ0v) is 11.4. The van der Waals surface area contributed by atoms with E-state index in [1.165, 1.54) is 0 Å². The molecule has 0 aliphatic rings. The number of aromatic amines is 1. The molecule has 0 amide bonds. The number of carbonyl (C=O) groups is 2. The number of fused-ring (bicyclic) bond motifs is 1. The van der Waals surface area contributed by atoms with Gasteiger partial charge in [-0.05, 0) is 29.3 Å². The van der Waals surface area contributed by atoms with Crippen LogP contribution in [0.1, 0.15) is 16.2 Å². The molecule has 0 saturated carbocycles. The standard InChI is InChI=1S/C16H12N2O4/c19-15(20)8-14-17-12-6-5-9(7-13(12)18-14)10-3-1-2-4-11(10)16(21)22/h1-7H,8H2,(H,17,18)(H,19,20)(H,21,22). The molecule has 6 nitrogen and oxygen atoms in total. The van der Waals surface area contributed by atoms with Crippen molar-refractivity contribution < 1.29 is 19.8 Å². The summed E-state index contributed by atoms with van der Waals surface area (Å²) in [5.41, 5.74) is 2.87. The SMILES string of the molecule is O=C(O)Cc1nc2ccc(-c3ccccc3C(=O)O)cc2[nH]1. The monoisotopic (exact) mass is 296 g/mol. The van der Waals surface area contributed by atoms with E-state index in [0.717, 1.165) is 5.56 Å². The molecule has 0 bridgehead atoms. The van der Waals surface area contributed by atoms with Gasteiger partial charge in [0.25, 0.3) is 0 Å². The molecule has 3 rings (SSSR count). The second-order valence-electron chi connectivity index (χ2n) is 4.84. The van der Waals surface area contributed by atoms with E-state index in [1.54, 1.807) is 42.5 Å². The van der Waals surface area contributed by atoms with Crippen LogP contribution in [0, 0.1) is 0 Å². The van der Waals surface area contributed by atoms with Crippen molar-refractivity contribution in [1.82, 2.24) is 9.97 Å². The van der Waals surface area contributed by atoms with Gasteiger partial charge in [-0.15, -0.1) is 0 Å². The van der Waals surface area contributed by atoms with Crippen LogP contribution in [0.15, 0.2) is 42.5 Å². The van der Waals surface area contributed by atoms with Gasteiger partial charge in [0.05, 0.1) is 16.6 Å². The van der Waals surface area contributed by atoms with E-state index in [4.69, 9.17) is 5.11 Å². The van der Waals surface area contributed by atoms with Crippen molar-refractivity contribution in [3.05, 3.63) is 53.9 Å². The minimum atomic E-state index is -0.994. The largest absolute Gasteiger partial charge is 0.481 e. The molecule has 1 aromatic heterocycles. The fourth-order valence-corrected chi connectivity index (χ4v) is 2.38. The van der Waals surface area contributed by atoms with Crippen LogP contribution in [0.5, 0.6) is 0 Å². The highest BCUT2D eigenvalue weighted by Crippen LogP contribution is 2.26. The minimum Gasteiger partial charge on any atom is -0.481 e. The van der Waals surface area contributed by atoms with Crippen LogP contribution in [-0.2, 0) is 11.2 Å². The maximum absolute atomic E-state index is 11.3. The summed E-state index contributed by atoms with van der Waals surface area (Å²) < 4.78 is 0. The van der Waals surface area contributed by atoms with E-state index in [2.05, 4.69) is 9.97 Å². The van der Waals surface area contributed by atoms with E-state index in [9.17, 15) is 14.7 Å². The maximum atomic E-state index is 11.3. The van der Waals surface area contributed by atoms with Gasteiger partial charge in [0.1, 0.15) is 12.2 Å². The number of carboxylic acid groups (broad SMARTS) is 2. The van der Waals surface area contributed by atoms with Crippen molar-refractivity contribution in [2.45, 2.75) is 6.42 Å². The number of H-pyrrole nitrogens is 1. The van der Waals surface area contributed by atoms with Gasteiger partial charge in [-0.2, -0.15) is 0 Å². The van der Waals surface area contributed by atoms with Gasteiger partial charge in [-0.1, -0.05) is 24.3 Å². The van der Waals surface area contributed by atoms with Crippen LogP contribution < -0.4 is 0 Å². The molecule has 0 saturated heterocycles. The Kier molecular flexibility index (Phi) is 3.34. The van der Waals surface area contributed by atoms with Crippen molar-refractivity contribution in [1.29, 1.82) is 0 Å². The van der Waals surface area contributed by atoms with Crippen molar-refractivity contribution in [2.24, 2.45) is 0 Å². The maximum Gasteiger partial charge on any atom is 0.336 e. The second-order valence-corrected chi connectivity index (χ2v) is 4.84. The molecule has 3 aromatic rings. The number of benzene rings is 2. The van der Waals surface area contributed by atoms with Crippen LogP contribution in [0.4, 0.5) is 0 Å². The highest BCUT2D eigenvalue weighted by molar-refractivity contribution is 5.97. The molecule has 2 aromatic carbocycles. The Bertz CT molecular complexity index is 883. The first-order valence-electron chi connectivity index (χ1n) is 6.58.